The van der Waals surface area contributed by atoms with E-state index < -0.39 is 0 Å². The van der Waals surface area contributed by atoms with Crippen LogP contribution in [0.5, 0.6) is 0 Å². The van der Waals surface area contributed by atoms with Crippen LogP contribution in [-0.4, -0.2) is 11.1 Å². The number of carbonyl (C=O) groups excluding carboxylic acids is 1. The summed E-state index contributed by atoms with van der Waals surface area (Å²) < 4.78 is 14.6. The molecule has 5 aromatic rings. The van der Waals surface area contributed by atoms with E-state index in [1.54, 1.807) is 6.07 Å². The monoisotopic (exact) mass is 372 g/mol. The van der Waals surface area contributed by atoms with E-state index in [4.69, 9.17) is 0 Å². The summed E-state index contributed by atoms with van der Waals surface area (Å²) in [6.07, 6.45) is 0. The first-order chi connectivity index (χ1) is 13.2. The van der Waals surface area contributed by atoms with Crippen molar-refractivity contribution in [3.63, 3.8) is 0 Å². The van der Waals surface area contributed by atoms with Gasteiger partial charge in [-0.1, -0.05) is 60.7 Å². The number of aliphatic imine (C=N–C) groups is 1. The number of nitrogens with zero attached hydrogens (tertiary/aromatic N) is 1. The number of para-hydroxylation sites is 1. The van der Waals surface area contributed by atoms with Crippen molar-refractivity contribution < 1.29 is 9.18 Å². The molecule has 5 aromatic carbocycles. The number of hydrogen-bond donors (Lipinski definition) is 1. The zero-order chi connectivity index (χ0) is 18.4. The fourth-order valence-corrected chi connectivity index (χ4v) is 4.28. The molecule has 2 bridgehead atoms. The van der Waals surface area contributed by atoms with Crippen molar-refractivity contribution in [3.05, 3.63) is 83.8 Å². The number of thioether (sulfide) groups is 1. The second-order valence-electron chi connectivity index (χ2n) is 6.23. The molecule has 1 saturated heterocycles. The van der Waals surface area contributed by atoms with Crippen molar-refractivity contribution >= 4 is 44.2 Å². The molecule has 0 aliphatic carbocycles. The summed E-state index contributed by atoms with van der Waals surface area (Å²) >= 11 is 1.25. The molecule has 130 valence electrons. The third kappa shape index (κ3) is 2.59. The number of hydrogen-bond acceptors (Lipinski definition) is 3. The Labute approximate surface area is 158 Å². The number of halogens is 1. The maximum absolute atomic E-state index is 14.6. The zero-order valence-electron chi connectivity index (χ0n) is 14.1. The highest BCUT2D eigenvalue weighted by Gasteiger charge is 2.29. The Kier molecular flexibility index (Phi) is 3.69. The van der Waals surface area contributed by atoms with Crippen LogP contribution in [0.3, 0.4) is 0 Å². The van der Waals surface area contributed by atoms with Crippen LogP contribution < -0.4 is 10.5 Å². The van der Waals surface area contributed by atoms with Gasteiger partial charge in [-0.15, -0.1) is 0 Å². The van der Waals surface area contributed by atoms with Crippen molar-refractivity contribution in [2.45, 2.75) is 0 Å². The van der Waals surface area contributed by atoms with Crippen LogP contribution in [-0.2, 0) is 4.79 Å². The van der Waals surface area contributed by atoms with Crippen molar-refractivity contribution in [3.8, 4) is 11.1 Å². The van der Waals surface area contributed by atoms with Crippen molar-refractivity contribution in [2.24, 2.45) is 4.99 Å². The van der Waals surface area contributed by atoms with E-state index in [-0.39, 0.29) is 11.7 Å². The van der Waals surface area contributed by atoms with E-state index in [0.29, 0.717) is 26.1 Å². The van der Waals surface area contributed by atoms with Crippen molar-refractivity contribution in [1.29, 1.82) is 0 Å². The molecule has 3 nitrogen and oxygen atoms in total. The Bertz CT molecular complexity index is 1240. The predicted octanol–water partition coefficient (Wildman–Crippen LogP) is 4.46. The lowest BCUT2D eigenvalue weighted by molar-refractivity contribution is -0.113. The van der Waals surface area contributed by atoms with Gasteiger partial charge in [0, 0.05) is 16.0 Å². The summed E-state index contributed by atoms with van der Waals surface area (Å²) in [5.74, 6) is -0.490. The Morgan fingerprint density at radius 3 is 2.30 bits per heavy atom. The topological polar surface area (TPSA) is 41.5 Å². The fraction of sp³-hybridized carbons (Fsp3) is 0. The normalized spacial score (nSPS) is 17.8. The molecule has 5 heteroatoms. The van der Waals surface area contributed by atoms with E-state index in [1.807, 2.05) is 66.7 Å². The molecule has 1 aliphatic rings. The second kappa shape index (κ2) is 6.21. The lowest BCUT2D eigenvalue weighted by Gasteiger charge is -2.15. The van der Waals surface area contributed by atoms with E-state index in [9.17, 15) is 9.18 Å². The van der Waals surface area contributed by atoms with E-state index >= 15 is 0 Å². The maximum Gasteiger partial charge on any atom is 0.264 e. The highest BCUT2D eigenvalue weighted by atomic mass is 32.2. The molecule has 1 N–H and O–H groups in total. The van der Waals surface area contributed by atoms with Gasteiger partial charge in [0.1, 0.15) is 5.82 Å². The summed E-state index contributed by atoms with van der Waals surface area (Å²) in [7, 11) is 0. The SMILES string of the molecule is O=C1NC(=Nc2ccccc2)S/C1=c1\c2c(-c3ccccc3)ccc1=C2F. The van der Waals surface area contributed by atoms with Crippen LogP contribution in [0.1, 0.15) is 0 Å². The van der Waals surface area contributed by atoms with Gasteiger partial charge in [0.15, 0.2) is 5.17 Å². The summed E-state index contributed by atoms with van der Waals surface area (Å²) in [4.78, 5) is 17.5. The Morgan fingerprint density at radius 1 is 0.889 bits per heavy atom. The zero-order valence-corrected chi connectivity index (χ0v) is 14.9. The minimum absolute atomic E-state index is 0.241. The number of nitrogens with one attached hydrogen (secondary N) is 1. The third-order valence-corrected chi connectivity index (χ3v) is 5.57. The minimum atomic E-state index is -0.249. The van der Waals surface area contributed by atoms with Crippen LogP contribution in [0.4, 0.5) is 10.1 Å². The summed E-state index contributed by atoms with van der Waals surface area (Å²) in [5.41, 5.74) is 2.49. The van der Waals surface area contributed by atoms with Crippen LogP contribution in [0.2, 0.25) is 0 Å². The van der Waals surface area contributed by atoms with Gasteiger partial charge in [-0.05, 0) is 35.0 Å². The number of amidine groups is 1. The summed E-state index contributed by atoms with van der Waals surface area (Å²) in [6, 6.07) is 22.7. The molecule has 1 heterocycles. The van der Waals surface area contributed by atoms with Gasteiger partial charge in [-0.3, -0.25) is 4.79 Å². The molecule has 0 unspecified atom stereocenters. The van der Waals surface area contributed by atoms with Crippen LogP contribution in [0, 0.1) is 5.82 Å². The number of benzene rings is 4. The summed E-state index contributed by atoms with van der Waals surface area (Å²) in [5, 5.41) is 4.97. The summed E-state index contributed by atoms with van der Waals surface area (Å²) in [6.45, 7) is 0. The minimum Gasteiger partial charge on any atom is -0.300 e. The number of amides is 1. The maximum atomic E-state index is 14.6. The smallest absolute Gasteiger partial charge is 0.264 e. The quantitative estimate of drug-likeness (QED) is 0.564. The van der Waals surface area contributed by atoms with E-state index in [0.717, 1.165) is 16.8 Å². The van der Waals surface area contributed by atoms with Gasteiger partial charge in [-0.25, -0.2) is 9.38 Å². The first-order valence-corrected chi connectivity index (χ1v) is 9.30. The highest BCUT2D eigenvalue weighted by Crippen LogP contribution is 2.34. The van der Waals surface area contributed by atoms with E-state index in [2.05, 4.69) is 10.3 Å². The number of carbonyl (C=O) groups is 1. The molecule has 6 rings (SSSR count). The average molecular weight is 372 g/mol. The van der Waals surface area contributed by atoms with Crippen LogP contribution >= 0.6 is 11.8 Å². The van der Waals surface area contributed by atoms with Gasteiger partial charge in [0.05, 0.1) is 10.6 Å². The molecule has 27 heavy (non-hydrogen) atoms. The first-order valence-electron chi connectivity index (χ1n) is 8.48. The van der Waals surface area contributed by atoms with Crippen molar-refractivity contribution in [2.75, 3.05) is 0 Å². The van der Waals surface area contributed by atoms with E-state index in [1.165, 1.54) is 11.8 Å². The van der Waals surface area contributed by atoms with Crippen molar-refractivity contribution in [1.82, 2.24) is 5.32 Å². The van der Waals surface area contributed by atoms with Gasteiger partial charge in [0.25, 0.3) is 5.91 Å². The largest absolute Gasteiger partial charge is 0.300 e. The number of rotatable bonds is 2. The third-order valence-electron chi connectivity index (χ3n) is 4.59. The molecular weight excluding hydrogens is 359 g/mol. The molecule has 1 amide bonds. The van der Waals surface area contributed by atoms with Gasteiger partial charge in [0.2, 0.25) is 0 Å². The lowest BCUT2D eigenvalue weighted by atomic mass is 9.91. The number of fused-ring (bicyclic) bond motifs is 2. The molecule has 1 aliphatic heterocycles. The second-order valence-corrected chi connectivity index (χ2v) is 7.23. The van der Waals surface area contributed by atoms with Gasteiger partial charge < -0.3 is 5.32 Å². The lowest BCUT2D eigenvalue weighted by Crippen LogP contribution is -2.24. The molecule has 0 radical (unpaired) electrons. The predicted molar refractivity (Wildman–Crippen MR) is 108 cm³/mol. The first kappa shape index (κ1) is 16.0. The van der Waals surface area contributed by atoms with Gasteiger partial charge in [-0.2, -0.15) is 0 Å². The highest BCUT2D eigenvalue weighted by molar-refractivity contribution is 8.23. The molecule has 1 fully saturated rings. The Balaban J connectivity index is 1.64. The average Bonchev–Trinajstić information content (AvgIpc) is 3.07. The molecule has 0 spiro atoms. The molecule has 0 aromatic heterocycles. The van der Waals surface area contributed by atoms with Gasteiger partial charge >= 0.3 is 0 Å². The Morgan fingerprint density at radius 2 is 1.59 bits per heavy atom. The fourth-order valence-electron chi connectivity index (χ4n) is 3.34. The van der Waals surface area contributed by atoms with Crippen LogP contribution in [0.15, 0.2) is 77.8 Å². The van der Waals surface area contributed by atoms with Crippen LogP contribution in [0.25, 0.3) is 26.8 Å². The molecule has 0 atom stereocenters. The molecular formula is C22H13FN2OS. The Hall–Kier alpha value is -3.18. The standard InChI is InChI=1S/C22H13FN2OS/c23-19-16-12-11-15(13-7-3-1-4-8-13)17(19)18(16)20-21(26)25-22(27-20)24-14-9-5-2-6-10-14/h1-12H,(H,24,25,26)/b20-18-. The molecule has 0 saturated carbocycles.